The van der Waals surface area contributed by atoms with E-state index in [-0.39, 0.29) is 0 Å². The van der Waals surface area contributed by atoms with Gasteiger partial charge in [-0.25, -0.2) is 8.42 Å². The number of rotatable bonds is 2. The van der Waals surface area contributed by atoms with Crippen LogP contribution in [0.3, 0.4) is 0 Å². The Bertz CT molecular complexity index is 263. The zero-order chi connectivity index (χ0) is 9.99. The number of carbonyl (C=O) groups excluding carboxylic acids is 1. The molecule has 0 aromatic heterocycles. The van der Waals surface area contributed by atoms with Crippen molar-refractivity contribution in [1.29, 1.82) is 0 Å². The van der Waals surface area contributed by atoms with Crippen LogP contribution in [0.2, 0.25) is 0 Å². The molecular weight excluding hydrogens is 180 g/mol. The van der Waals surface area contributed by atoms with E-state index in [0.29, 0.717) is 0 Å². The lowest BCUT2D eigenvalue weighted by Crippen LogP contribution is -2.48. The summed E-state index contributed by atoms with van der Waals surface area (Å²) in [7, 11) is -3.47. The maximum Gasteiger partial charge on any atom is 0.233 e. The van der Waals surface area contributed by atoms with E-state index < -0.39 is 20.7 Å². The van der Waals surface area contributed by atoms with E-state index in [1.165, 1.54) is 27.7 Å². The molecule has 0 saturated heterocycles. The van der Waals surface area contributed by atoms with Crippen LogP contribution in [-0.2, 0) is 14.8 Å². The van der Waals surface area contributed by atoms with Crippen molar-refractivity contribution in [2.45, 2.75) is 32.4 Å². The van der Waals surface area contributed by atoms with Crippen LogP contribution in [0.15, 0.2) is 0 Å². The highest BCUT2D eigenvalue weighted by molar-refractivity contribution is 7.90. The van der Waals surface area contributed by atoms with E-state index in [0.717, 1.165) is 0 Å². The Labute approximate surface area is 72.6 Å². The summed E-state index contributed by atoms with van der Waals surface area (Å²) in [6, 6.07) is 0. The van der Waals surface area contributed by atoms with Gasteiger partial charge in [-0.3, -0.25) is 10.2 Å². The normalized spacial score (nSPS) is 12.7. The highest BCUT2D eigenvalue weighted by Crippen LogP contribution is 2.11. The second-order valence-electron chi connectivity index (χ2n) is 3.40. The van der Waals surface area contributed by atoms with E-state index in [9.17, 15) is 13.2 Å². The van der Waals surface area contributed by atoms with Crippen LogP contribution >= 0.6 is 0 Å². The molecular formula is C6H14N2O3S. The van der Waals surface area contributed by atoms with E-state index >= 15 is 0 Å². The van der Waals surface area contributed by atoms with Crippen LogP contribution in [0, 0.1) is 0 Å². The van der Waals surface area contributed by atoms with Crippen molar-refractivity contribution in [1.82, 2.24) is 10.3 Å². The van der Waals surface area contributed by atoms with Crippen molar-refractivity contribution >= 4 is 15.9 Å². The third-order valence-electron chi connectivity index (χ3n) is 1.17. The number of nitrogens with one attached hydrogen (secondary N) is 2. The van der Waals surface area contributed by atoms with Crippen LogP contribution in [-0.4, -0.2) is 19.1 Å². The first-order chi connectivity index (χ1) is 5.17. The summed E-state index contributed by atoms with van der Waals surface area (Å²) < 4.78 is 21.5. The fourth-order valence-electron chi connectivity index (χ4n) is 0.292. The molecule has 0 saturated carbocycles. The molecule has 0 fully saturated rings. The molecule has 0 aromatic carbocycles. The maximum atomic E-state index is 11.2. The first kappa shape index (κ1) is 11.4. The lowest BCUT2D eigenvalue weighted by Gasteiger charge is -2.19. The zero-order valence-corrected chi connectivity index (χ0v) is 8.45. The highest BCUT2D eigenvalue weighted by atomic mass is 32.2. The van der Waals surface area contributed by atoms with Gasteiger partial charge in [-0.05, 0) is 20.8 Å². The minimum absolute atomic E-state index is 0.442. The molecule has 6 heteroatoms. The molecule has 0 radical (unpaired) electrons. The molecule has 2 N–H and O–H groups in total. The molecule has 1 amide bonds. The quantitative estimate of drug-likeness (QED) is 0.595. The summed E-state index contributed by atoms with van der Waals surface area (Å²) in [5.41, 5.74) is 2.02. The SMILES string of the molecule is CC(=O)NNS(=O)(=O)C(C)(C)C. The van der Waals surface area contributed by atoms with Crippen molar-refractivity contribution in [2.24, 2.45) is 0 Å². The van der Waals surface area contributed by atoms with Crippen LogP contribution in [0.1, 0.15) is 27.7 Å². The fourth-order valence-corrected chi connectivity index (χ4v) is 0.876. The van der Waals surface area contributed by atoms with Gasteiger partial charge in [-0.2, -0.15) is 0 Å². The van der Waals surface area contributed by atoms with E-state index in [1.54, 1.807) is 0 Å². The summed E-state index contributed by atoms with van der Waals surface area (Å²) in [5, 5.41) is 0. The molecule has 0 aromatic rings. The molecule has 12 heavy (non-hydrogen) atoms. The summed E-state index contributed by atoms with van der Waals surface area (Å²) in [4.78, 5) is 12.4. The van der Waals surface area contributed by atoms with Gasteiger partial charge in [0.15, 0.2) is 0 Å². The smallest absolute Gasteiger partial charge is 0.233 e. The molecule has 0 heterocycles. The first-order valence-corrected chi connectivity index (χ1v) is 4.93. The monoisotopic (exact) mass is 194 g/mol. The lowest BCUT2D eigenvalue weighted by atomic mass is 10.3. The maximum absolute atomic E-state index is 11.2. The van der Waals surface area contributed by atoms with Crippen molar-refractivity contribution in [3.05, 3.63) is 0 Å². The number of carbonyl (C=O) groups is 1. The summed E-state index contributed by atoms with van der Waals surface area (Å²) >= 11 is 0. The third-order valence-corrected chi connectivity index (χ3v) is 3.15. The number of amides is 1. The molecule has 0 bridgehead atoms. The fraction of sp³-hybridized carbons (Fsp3) is 0.833. The number of sulfonamides is 1. The van der Waals surface area contributed by atoms with Crippen LogP contribution < -0.4 is 10.3 Å². The second kappa shape index (κ2) is 3.40. The number of hydrogen-bond acceptors (Lipinski definition) is 3. The van der Waals surface area contributed by atoms with E-state index in [1.807, 2.05) is 10.3 Å². The van der Waals surface area contributed by atoms with Crippen LogP contribution in [0.25, 0.3) is 0 Å². The molecule has 72 valence electrons. The number of hydrazine groups is 1. The Morgan fingerprint density at radius 3 is 1.92 bits per heavy atom. The Balaban J connectivity index is 4.37. The molecule has 5 nitrogen and oxygen atoms in total. The topological polar surface area (TPSA) is 75.3 Å². The molecule has 0 aliphatic rings. The lowest BCUT2D eigenvalue weighted by molar-refractivity contribution is -0.119. The predicted molar refractivity (Wildman–Crippen MR) is 45.6 cm³/mol. The molecule has 0 spiro atoms. The van der Waals surface area contributed by atoms with Gasteiger partial charge < -0.3 is 0 Å². The van der Waals surface area contributed by atoms with E-state index in [2.05, 4.69) is 0 Å². The minimum atomic E-state index is -3.47. The Morgan fingerprint density at radius 2 is 1.67 bits per heavy atom. The average Bonchev–Trinajstić information content (AvgIpc) is 1.81. The van der Waals surface area contributed by atoms with Crippen LogP contribution in [0.5, 0.6) is 0 Å². The van der Waals surface area contributed by atoms with Gasteiger partial charge in [0.2, 0.25) is 15.9 Å². The van der Waals surface area contributed by atoms with Gasteiger partial charge >= 0.3 is 0 Å². The molecule has 0 aliphatic heterocycles. The van der Waals surface area contributed by atoms with Crippen molar-refractivity contribution in [3.8, 4) is 0 Å². The summed E-state index contributed by atoms with van der Waals surface area (Å²) in [5.74, 6) is -0.442. The first-order valence-electron chi connectivity index (χ1n) is 3.45. The molecule has 0 rings (SSSR count). The van der Waals surface area contributed by atoms with Gasteiger partial charge in [0.25, 0.3) is 0 Å². The van der Waals surface area contributed by atoms with Crippen molar-refractivity contribution in [2.75, 3.05) is 0 Å². The highest BCUT2D eigenvalue weighted by Gasteiger charge is 2.28. The largest absolute Gasteiger partial charge is 0.278 e. The van der Waals surface area contributed by atoms with Gasteiger partial charge in [-0.15, -0.1) is 4.83 Å². The number of hydrogen-bond donors (Lipinski definition) is 2. The van der Waals surface area contributed by atoms with Gasteiger partial charge in [0, 0.05) is 6.92 Å². The van der Waals surface area contributed by atoms with Gasteiger partial charge in [0.1, 0.15) is 0 Å². The molecule has 0 unspecified atom stereocenters. The summed E-state index contributed by atoms with van der Waals surface area (Å²) in [6.07, 6.45) is 0. The molecule has 0 atom stereocenters. The van der Waals surface area contributed by atoms with Gasteiger partial charge in [-0.1, -0.05) is 0 Å². The predicted octanol–water partition coefficient (Wildman–Crippen LogP) is -0.245. The average molecular weight is 194 g/mol. The van der Waals surface area contributed by atoms with Crippen LogP contribution in [0.4, 0.5) is 0 Å². The third kappa shape index (κ3) is 3.19. The summed E-state index contributed by atoms with van der Waals surface area (Å²) in [6.45, 7) is 5.84. The Kier molecular flexibility index (Phi) is 3.23. The Morgan fingerprint density at radius 1 is 1.25 bits per heavy atom. The molecule has 0 aliphatic carbocycles. The Hall–Kier alpha value is -0.620. The minimum Gasteiger partial charge on any atom is -0.278 e. The van der Waals surface area contributed by atoms with E-state index in [4.69, 9.17) is 0 Å². The zero-order valence-electron chi connectivity index (χ0n) is 7.63. The van der Waals surface area contributed by atoms with Crippen molar-refractivity contribution < 1.29 is 13.2 Å². The second-order valence-corrected chi connectivity index (χ2v) is 5.83. The standard InChI is InChI=1S/C6H14N2O3S/c1-5(9)7-8-12(10,11)6(2,3)4/h8H,1-4H3,(H,7,9). The van der Waals surface area contributed by atoms with Gasteiger partial charge in [0.05, 0.1) is 4.75 Å². The van der Waals surface area contributed by atoms with Crippen molar-refractivity contribution in [3.63, 3.8) is 0 Å².